The van der Waals surface area contributed by atoms with Crippen LogP contribution in [0.1, 0.15) is 26.7 Å². The number of carbonyl (C=O) groups excluding carboxylic acids is 2. The Bertz CT molecular complexity index is 415. The number of nitrogens with zero attached hydrogens (tertiary/aromatic N) is 2. The van der Waals surface area contributed by atoms with E-state index in [4.69, 9.17) is 0 Å². The molecule has 1 unspecified atom stereocenters. The summed E-state index contributed by atoms with van der Waals surface area (Å²) in [5.74, 6) is -3.06. The van der Waals surface area contributed by atoms with Gasteiger partial charge in [-0.25, -0.2) is 8.78 Å². The lowest BCUT2D eigenvalue weighted by Crippen LogP contribution is -2.45. The van der Waals surface area contributed by atoms with Crippen LogP contribution in [0.5, 0.6) is 0 Å². The number of rotatable bonds is 2. The first kappa shape index (κ1) is 16.1. The van der Waals surface area contributed by atoms with Crippen LogP contribution in [0.3, 0.4) is 0 Å². The van der Waals surface area contributed by atoms with E-state index in [1.165, 1.54) is 0 Å². The van der Waals surface area contributed by atoms with Gasteiger partial charge < -0.3 is 9.80 Å². The molecule has 0 aromatic rings. The fourth-order valence-electron chi connectivity index (χ4n) is 2.83. The van der Waals surface area contributed by atoms with Gasteiger partial charge in [-0.3, -0.25) is 14.9 Å². The summed E-state index contributed by atoms with van der Waals surface area (Å²) in [6.45, 7) is 5.29. The summed E-state index contributed by atoms with van der Waals surface area (Å²) in [5, 5.41) is 2.59. The van der Waals surface area contributed by atoms with Crippen LogP contribution in [0.25, 0.3) is 0 Å². The third-order valence-corrected chi connectivity index (χ3v) is 4.02. The molecular weight excluding hydrogens is 280 g/mol. The molecule has 2 amide bonds. The van der Waals surface area contributed by atoms with Crippen molar-refractivity contribution in [3.63, 3.8) is 0 Å². The molecule has 5 nitrogen and oxygen atoms in total. The number of nitrogens with one attached hydrogen (secondary N) is 1. The van der Waals surface area contributed by atoms with Crippen LogP contribution >= 0.6 is 0 Å². The van der Waals surface area contributed by atoms with E-state index >= 15 is 0 Å². The van der Waals surface area contributed by atoms with Crippen molar-refractivity contribution < 1.29 is 18.4 Å². The van der Waals surface area contributed by atoms with E-state index in [0.717, 1.165) is 0 Å². The Hall–Kier alpha value is -1.24. The quantitative estimate of drug-likeness (QED) is 0.817. The molecule has 1 N–H and O–H groups in total. The fourth-order valence-corrected chi connectivity index (χ4v) is 2.83. The van der Waals surface area contributed by atoms with Gasteiger partial charge in [0.15, 0.2) is 0 Å². The average molecular weight is 303 g/mol. The van der Waals surface area contributed by atoms with Gasteiger partial charge in [0, 0.05) is 38.5 Å². The molecule has 2 fully saturated rings. The largest absolute Gasteiger partial charge is 0.341 e. The van der Waals surface area contributed by atoms with E-state index in [9.17, 15) is 18.4 Å². The molecule has 2 aliphatic rings. The Morgan fingerprint density at radius 2 is 1.76 bits per heavy atom. The number of hydrogen-bond acceptors (Lipinski definition) is 3. The summed E-state index contributed by atoms with van der Waals surface area (Å²) in [5.41, 5.74) is 0. The summed E-state index contributed by atoms with van der Waals surface area (Å²) < 4.78 is 26.3. The highest BCUT2D eigenvalue weighted by Gasteiger charge is 2.43. The van der Waals surface area contributed by atoms with Crippen molar-refractivity contribution in [1.82, 2.24) is 15.1 Å². The molecule has 2 heterocycles. The molecule has 0 spiro atoms. The third-order valence-electron chi connectivity index (χ3n) is 4.02. The first-order chi connectivity index (χ1) is 9.80. The molecule has 0 aromatic carbocycles. The van der Waals surface area contributed by atoms with Crippen molar-refractivity contribution in [3.05, 3.63) is 0 Å². The van der Waals surface area contributed by atoms with Gasteiger partial charge in [-0.15, -0.1) is 0 Å². The van der Waals surface area contributed by atoms with Crippen molar-refractivity contribution in [1.29, 1.82) is 0 Å². The SMILES string of the molecule is CC(C)C(=O)N1CCCN(C(=O)C2CC(F)(F)CN2)CC1. The summed E-state index contributed by atoms with van der Waals surface area (Å²) in [6, 6.07) is -0.799. The summed E-state index contributed by atoms with van der Waals surface area (Å²) in [6.07, 6.45) is 0.254. The summed E-state index contributed by atoms with van der Waals surface area (Å²) >= 11 is 0. The number of alkyl halides is 2. The smallest absolute Gasteiger partial charge is 0.262 e. The Kier molecular flexibility index (Phi) is 4.81. The minimum atomic E-state index is -2.80. The molecule has 1 atom stereocenters. The van der Waals surface area contributed by atoms with E-state index < -0.39 is 24.9 Å². The van der Waals surface area contributed by atoms with Crippen molar-refractivity contribution in [3.8, 4) is 0 Å². The molecule has 2 rings (SSSR count). The zero-order chi connectivity index (χ0) is 15.6. The van der Waals surface area contributed by atoms with Crippen LogP contribution in [0.4, 0.5) is 8.78 Å². The number of carbonyl (C=O) groups is 2. The number of halogens is 2. The predicted molar refractivity (Wildman–Crippen MR) is 74.0 cm³/mol. The van der Waals surface area contributed by atoms with Crippen molar-refractivity contribution in [2.45, 2.75) is 38.7 Å². The zero-order valence-corrected chi connectivity index (χ0v) is 12.6. The summed E-state index contributed by atoms with van der Waals surface area (Å²) in [4.78, 5) is 27.6. The van der Waals surface area contributed by atoms with Crippen LogP contribution in [0, 0.1) is 5.92 Å². The van der Waals surface area contributed by atoms with Crippen LogP contribution in [0.15, 0.2) is 0 Å². The van der Waals surface area contributed by atoms with Gasteiger partial charge in [0.05, 0.1) is 12.6 Å². The second-order valence-corrected chi connectivity index (χ2v) is 6.15. The lowest BCUT2D eigenvalue weighted by atomic mass is 10.1. The van der Waals surface area contributed by atoms with Gasteiger partial charge in [0.25, 0.3) is 5.92 Å². The van der Waals surface area contributed by atoms with Gasteiger partial charge in [-0.05, 0) is 6.42 Å². The zero-order valence-electron chi connectivity index (χ0n) is 12.6. The maximum Gasteiger partial charge on any atom is 0.262 e. The standard InChI is InChI=1S/C14H23F2N3O2/c1-10(2)12(20)18-4-3-5-19(7-6-18)13(21)11-8-14(15,16)9-17-11/h10-11,17H,3-9H2,1-2H3. The van der Waals surface area contributed by atoms with E-state index in [2.05, 4.69) is 5.32 Å². The second kappa shape index (κ2) is 6.25. The van der Waals surface area contributed by atoms with Crippen LogP contribution in [-0.4, -0.2) is 66.3 Å². The lowest BCUT2D eigenvalue weighted by Gasteiger charge is -2.25. The maximum atomic E-state index is 13.2. The highest BCUT2D eigenvalue weighted by Crippen LogP contribution is 2.26. The lowest BCUT2D eigenvalue weighted by molar-refractivity contribution is -0.136. The van der Waals surface area contributed by atoms with Crippen LogP contribution < -0.4 is 5.32 Å². The molecule has 120 valence electrons. The second-order valence-electron chi connectivity index (χ2n) is 6.15. The first-order valence-electron chi connectivity index (χ1n) is 7.49. The molecule has 7 heteroatoms. The average Bonchev–Trinajstić information content (AvgIpc) is 2.64. The van der Waals surface area contributed by atoms with Crippen molar-refractivity contribution >= 4 is 11.8 Å². The minimum Gasteiger partial charge on any atom is -0.341 e. The molecule has 2 saturated heterocycles. The normalized spacial score (nSPS) is 26.0. The Labute approximate surface area is 123 Å². The highest BCUT2D eigenvalue weighted by molar-refractivity contribution is 5.83. The van der Waals surface area contributed by atoms with Gasteiger partial charge in [0.2, 0.25) is 11.8 Å². The molecule has 0 aromatic heterocycles. The highest BCUT2D eigenvalue weighted by atomic mass is 19.3. The van der Waals surface area contributed by atoms with E-state index in [1.54, 1.807) is 9.80 Å². The Morgan fingerprint density at radius 3 is 2.33 bits per heavy atom. The van der Waals surface area contributed by atoms with E-state index in [-0.39, 0.29) is 17.7 Å². The topological polar surface area (TPSA) is 52.7 Å². The molecule has 0 bridgehead atoms. The van der Waals surface area contributed by atoms with Gasteiger partial charge in [-0.1, -0.05) is 13.8 Å². The molecular formula is C14H23F2N3O2. The van der Waals surface area contributed by atoms with Crippen LogP contribution in [0.2, 0.25) is 0 Å². The predicted octanol–water partition coefficient (Wildman–Crippen LogP) is 0.701. The van der Waals surface area contributed by atoms with Gasteiger partial charge >= 0.3 is 0 Å². The molecule has 0 radical (unpaired) electrons. The first-order valence-corrected chi connectivity index (χ1v) is 7.49. The van der Waals surface area contributed by atoms with Gasteiger partial charge in [0.1, 0.15) is 0 Å². The van der Waals surface area contributed by atoms with Gasteiger partial charge in [-0.2, -0.15) is 0 Å². The van der Waals surface area contributed by atoms with Crippen LogP contribution in [-0.2, 0) is 9.59 Å². The number of hydrogen-bond donors (Lipinski definition) is 1. The number of amides is 2. The molecule has 21 heavy (non-hydrogen) atoms. The summed E-state index contributed by atoms with van der Waals surface area (Å²) in [7, 11) is 0. The molecule has 0 saturated carbocycles. The van der Waals surface area contributed by atoms with Crippen molar-refractivity contribution in [2.24, 2.45) is 5.92 Å². The third kappa shape index (κ3) is 3.90. The monoisotopic (exact) mass is 303 g/mol. The molecule has 0 aliphatic carbocycles. The van der Waals surface area contributed by atoms with E-state index in [1.807, 2.05) is 13.8 Å². The molecule has 2 aliphatic heterocycles. The van der Waals surface area contributed by atoms with E-state index in [0.29, 0.717) is 32.6 Å². The Balaban J connectivity index is 1.91. The Morgan fingerprint density at radius 1 is 1.14 bits per heavy atom. The maximum absolute atomic E-state index is 13.2. The minimum absolute atomic E-state index is 0.0672. The fraction of sp³-hybridized carbons (Fsp3) is 0.857. The van der Waals surface area contributed by atoms with Crippen molar-refractivity contribution in [2.75, 3.05) is 32.7 Å².